The molecule has 1 aliphatic heterocycles. The molecule has 3 rings (SSSR count). The fraction of sp³-hybridized carbons (Fsp3) is 0.444. The summed E-state index contributed by atoms with van der Waals surface area (Å²) >= 11 is 0. The minimum atomic E-state index is -0.403. The molecular weight excluding hydrogens is 308 g/mol. The van der Waals surface area contributed by atoms with Crippen LogP contribution in [-0.4, -0.2) is 43.9 Å². The highest BCUT2D eigenvalue weighted by Crippen LogP contribution is 2.14. The predicted octanol–water partition coefficient (Wildman–Crippen LogP) is 0.428. The molecule has 0 atom stereocenters. The van der Waals surface area contributed by atoms with Crippen molar-refractivity contribution in [3.63, 3.8) is 0 Å². The lowest BCUT2D eigenvalue weighted by atomic mass is 10.1. The van der Waals surface area contributed by atoms with Crippen molar-refractivity contribution in [1.82, 2.24) is 4.98 Å². The zero-order chi connectivity index (χ0) is 17.1. The third-order valence-electron chi connectivity index (χ3n) is 4.45. The molecular formula is C18H23N2O4+. The lowest BCUT2D eigenvalue weighted by molar-refractivity contribution is -0.921. The molecule has 2 heterocycles. The number of hydrogen-bond donors (Lipinski definition) is 2. The molecule has 1 aliphatic rings. The van der Waals surface area contributed by atoms with Gasteiger partial charge in [-0.1, -0.05) is 0 Å². The van der Waals surface area contributed by atoms with Crippen molar-refractivity contribution in [2.24, 2.45) is 0 Å². The molecule has 0 bridgehead atoms. The van der Waals surface area contributed by atoms with E-state index in [9.17, 15) is 9.59 Å². The lowest BCUT2D eigenvalue weighted by Crippen LogP contribution is -3.13. The number of fused-ring (bicyclic) bond motifs is 1. The number of H-pyrrole nitrogens is 1. The minimum Gasteiger partial charge on any atom is -0.462 e. The first-order chi connectivity index (χ1) is 11.6. The van der Waals surface area contributed by atoms with Crippen LogP contribution in [0.3, 0.4) is 0 Å². The van der Waals surface area contributed by atoms with Crippen LogP contribution in [0.25, 0.3) is 10.9 Å². The number of carbonyl (C=O) groups is 1. The summed E-state index contributed by atoms with van der Waals surface area (Å²) < 4.78 is 10.4. The summed E-state index contributed by atoms with van der Waals surface area (Å²) in [7, 11) is 0. The van der Waals surface area contributed by atoms with Crippen LogP contribution < -0.4 is 10.3 Å². The van der Waals surface area contributed by atoms with Gasteiger partial charge in [-0.05, 0) is 32.0 Å². The summed E-state index contributed by atoms with van der Waals surface area (Å²) in [6.07, 6.45) is 0. The van der Waals surface area contributed by atoms with Gasteiger partial charge in [-0.15, -0.1) is 0 Å². The number of aryl methyl sites for hydroxylation is 1. The number of rotatable bonds is 4. The molecule has 0 aliphatic carbocycles. The van der Waals surface area contributed by atoms with Gasteiger partial charge in [0.2, 0.25) is 0 Å². The van der Waals surface area contributed by atoms with Crippen molar-refractivity contribution in [2.75, 3.05) is 32.9 Å². The number of benzene rings is 1. The number of aromatic nitrogens is 1. The van der Waals surface area contributed by atoms with Crippen LogP contribution in [0.5, 0.6) is 0 Å². The molecule has 0 amide bonds. The number of pyridine rings is 1. The second-order valence-corrected chi connectivity index (χ2v) is 6.08. The second kappa shape index (κ2) is 7.15. The van der Waals surface area contributed by atoms with Crippen molar-refractivity contribution in [3.8, 4) is 0 Å². The maximum Gasteiger partial charge on any atom is 0.338 e. The van der Waals surface area contributed by atoms with E-state index in [-0.39, 0.29) is 5.43 Å². The Kier molecular flexibility index (Phi) is 4.97. The highest BCUT2D eigenvalue weighted by Gasteiger charge is 2.19. The highest BCUT2D eigenvalue weighted by atomic mass is 16.5. The van der Waals surface area contributed by atoms with Crippen LogP contribution in [0.1, 0.15) is 28.5 Å². The minimum absolute atomic E-state index is 0.00797. The molecule has 0 saturated carbocycles. The van der Waals surface area contributed by atoms with Crippen molar-refractivity contribution in [3.05, 3.63) is 45.2 Å². The van der Waals surface area contributed by atoms with Crippen molar-refractivity contribution < 1.29 is 19.2 Å². The molecule has 0 unspecified atom stereocenters. The van der Waals surface area contributed by atoms with E-state index in [2.05, 4.69) is 4.98 Å². The third kappa shape index (κ3) is 3.34. The second-order valence-electron chi connectivity index (χ2n) is 6.08. The first kappa shape index (κ1) is 16.7. The smallest absolute Gasteiger partial charge is 0.338 e. The van der Waals surface area contributed by atoms with Gasteiger partial charge in [0.15, 0.2) is 5.43 Å². The maximum absolute atomic E-state index is 12.9. The van der Waals surface area contributed by atoms with Crippen LogP contribution in [0.4, 0.5) is 0 Å². The average Bonchev–Trinajstić information content (AvgIpc) is 2.59. The Morgan fingerprint density at radius 1 is 1.33 bits per heavy atom. The molecule has 6 nitrogen and oxygen atoms in total. The first-order valence-corrected chi connectivity index (χ1v) is 8.34. The quantitative estimate of drug-likeness (QED) is 0.797. The number of nitrogens with one attached hydrogen (secondary N) is 2. The van der Waals surface area contributed by atoms with E-state index in [1.807, 2.05) is 6.92 Å². The summed E-state index contributed by atoms with van der Waals surface area (Å²) in [5, 5.41) is 0.536. The normalized spacial score (nSPS) is 15.6. The van der Waals surface area contributed by atoms with Gasteiger partial charge in [0, 0.05) is 16.6 Å². The molecule has 0 spiro atoms. The Hall–Kier alpha value is -2.18. The maximum atomic E-state index is 12.9. The van der Waals surface area contributed by atoms with E-state index < -0.39 is 5.97 Å². The van der Waals surface area contributed by atoms with Gasteiger partial charge in [-0.3, -0.25) is 4.79 Å². The SMILES string of the molecule is CCOC(=O)c1ccc2[nH]c(C)c(C[NH+]3CCOCC3)c(=O)c2c1. The number of hydrogen-bond acceptors (Lipinski definition) is 4. The fourth-order valence-electron chi connectivity index (χ4n) is 3.09. The number of morpholine rings is 1. The summed E-state index contributed by atoms with van der Waals surface area (Å²) in [6.45, 7) is 7.93. The topological polar surface area (TPSA) is 72.8 Å². The van der Waals surface area contributed by atoms with Crippen LogP contribution in [0.2, 0.25) is 0 Å². The average molecular weight is 331 g/mol. The molecule has 24 heavy (non-hydrogen) atoms. The molecule has 0 radical (unpaired) electrons. The molecule has 1 fully saturated rings. The van der Waals surface area contributed by atoms with Gasteiger partial charge in [0.1, 0.15) is 19.6 Å². The fourth-order valence-corrected chi connectivity index (χ4v) is 3.09. The van der Waals surface area contributed by atoms with Gasteiger partial charge < -0.3 is 19.4 Å². The van der Waals surface area contributed by atoms with E-state index in [0.29, 0.717) is 24.1 Å². The summed E-state index contributed by atoms with van der Waals surface area (Å²) in [5.74, 6) is -0.403. The van der Waals surface area contributed by atoms with Crippen LogP contribution >= 0.6 is 0 Å². The number of aromatic amines is 1. The van der Waals surface area contributed by atoms with Crippen molar-refractivity contribution in [1.29, 1.82) is 0 Å². The van der Waals surface area contributed by atoms with E-state index in [1.165, 1.54) is 4.90 Å². The molecule has 1 saturated heterocycles. The Morgan fingerprint density at radius 3 is 2.79 bits per heavy atom. The molecule has 6 heteroatoms. The first-order valence-electron chi connectivity index (χ1n) is 8.34. The molecule has 2 aromatic rings. The molecule has 1 aromatic carbocycles. The van der Waals surface area contributed by atoms with Gasteiger partial charge in [-0.2, -0.15) is 0 Å². The van der Waals surface area contributed by atoms with E-state index in [1.54, 1.807) is 25.1 Å². The number of esters is 1. The molecule has 2 N–H and O–H groups in total. The third-order valence-corrected chi connectivity index (χ3v) is 4.45. The predicted molar refractivity (Wildman–Crippen MR) is 90.5 cm³/mol. The lowest BCUT2D eigenvalue weighted by Gasteiger charge is -2.24. The standard InChI is InChI=1S/C18H22N2O4/c1-3-24-18(22)13-4-5-16-14(10-13)17(21)15(12(2)19-16)11-20-6-8-23-9-7-20/h4-5,10H,3,6-9,11H2,1-2H3,(H,19,21)/p+1. The summed E-state index contributed by atoms with van der Waals surface area (Å²) in [5.41, 5.74) is 2.80. The Labute approximate surface area is 140 Å². The Balaban J connectivity index is 2.00. The van der Waals surface area contributed by atoms with Crippen molar-refractivity contribution >= 4 is 16.9 Å². The Morgan fingerprint density at radius 2 is 2.08 bits per heavy atom. The van der Waals surface area contributed by atoms with Crippen LogP contribution in [-0.2, 0) is 16.0 Å². The molecule has 128 valence electrons. The Bertz CT molecular complexity index is 807. The van der Waals surface area contributed by atoms with Crippen LogP contribution in [0.15, 0.2) is 23.0 Å². The van der Waals surface area contributed by atoms with Crippen LogP contribution in [0, 0.1) is 6.92 Å². The van der Waals surface area contributed by atoms with Gasteiger partial charge in [0.05, 0.1) is 30.9 Å². The zero-order valence-electron chi connectivity index (χ0n) is 14.1. The largest absolute Gasteiger partial charge is 0.462 e. The van der Waals surface area contributed by atoms with E-state index >= 15 is 0 Å². The molecule has 1 aromatic heterocycles. The monoisotopic (exact) mass is 331 g/mol. The van der Waals surface area contributed by atoms with E-state index in [4.69, 9.17) is 9.47 Å². The number of quaternary nitrogens is 1. The summed E-state index contributed by atoms with van der Waals surface area (Å²) in [4.78, 5) is 29.5. The van der Waals surface area contributed by atoms with Crippen molar-refractivity contribution in [2.45, 2.75) is 20.4 Å². The van der Waals surface area contributed by atoms with E-state index in [0.717, 1.165) is 43.1 Å². The zero-order valence-corrected chi connectivity index (χ0v) is 14.1. The van der Waals surface area contributed by atoms with Gasteiger partial charge in [-0.25, -0.2) is 4.79 Å². The summed E-state index contributed by atoms with van der Waals surface area (Å²) in [6, 6.07) is 5.08. The highest BCUT2D eigenvalue weighted by molar-refractivity contribution is 5.94. The van der Waals surface area contributed by atoms with Gasteiger partial charge >= 0.3 is 5.97 Å². The number of ether oxygens (including phenoxy) is 2. The number of carbonyl (C=O) groups excluding carboxylic acids is 1. The van der Waals surface area contributed by atoms with Gasteiger partial charge in [0.25, 0.3) is 0 Å².